The van der Waals surface area contributed by atoms with Gasteiger partial charge in [0.1, 0.15) is 17.9 Å². The van der Waals surface area contributed by atoms with Gasteiger partial charge in [0.15, 0.2) is 6.61 Å². The number of ether oxygens (including phenoxy) is 1. The van der Waals surface area contributed by atoms with Crippen molar-refractivity contribution >= 4 is 28.8 Å². The van der Waals surface area contributed by atoms with Crippen LogP contribution in [0.25, 0.3) is 16.6 Å². The molecule has 0 unspecified atom stereocenters. The Morgan fingerprint density at radius 2 is 1.64 bits per heavy atom. The summed E-state index contributed by atoms with van der Waals surface area (Å²) in [4.78, 5) is 26.3. The minimum absolute atomic E-state index is 0.0199. The summed E-state index contributed by atoms with van der Waals surface area (Å²) in [6.45, 7) is 17.9. The number of aldehydes is 1. The van der Waals surface area contributed by atoms with Gasteiger partial charge in [0.2, 0.25) is 0 Å². The van der Waals surface area contributed by atoms with Crippen molar-refractivity contribution in [3.05, 3.63) is 124 Å². The Morgan fingerprint density at radius 3 is 2.08 bits per heavy atom. The average Bonchev–Trinajstić information content (AvgIpc) is 3.10. The quantitative estimate of drug-likeness (QED) is 0.119. The summed E-state index contributed by atoms with van der Waals surface area (Å²) < 4.78 is 42.9. The fraction of sp³-hybridized carbons (Fsp3) is 0.341. The zero-order valence-corrected chi connectivity index (χ0v) is 31.3. The van der Waals surface area contributed by atoms with Crippen LogP contribution in [0.3, 0.4) is 0 Å². The minimum Gasteiger partial charge on any atom is -0.484 e. The fourth-order valence-corrected chi connectivity index (χ4v) is 4.14. The normalized spacial score (nSPS) is 11.5. The lowest BCUT2D eigenvalue weighted by molar-refractivity contribution is -0.153. The monoisotopic (exact) mass is 712 g/mol. The molecule has 0 atom stereocenters. The Bertz CT molecular complexity index is 1630. The number of carbonyl (C=O) groups excluding carboxylic acids is 1. The van der Waals surface area contributed by atoms with E-state index in [-0.39, 0.29) is 17.2 Å². The molecule has 3 rings (SSSR count). The van der Waals surface area contributed by atoms with E-state index in [4.69, 9.17) is 21.1 Å². The van der Waals surface area contributed by atoms with Crippen LogP contribution in [0.1, 0.15) is 86.4 Å². The van der Waals surface area contributed by atoms with Crippen molar-refractivity contribution in [2.45, 2.75) is 86.7 Å². The molecule has 0 saturated heterocycles. The smallest absolute Gasteiger partial charge is 0.422 e. The van der Waals surface area contributed by atoms with Gasteiger partial charge in [-0.25, -0.2) is 4.98 Å². The highest BCUT2D eigenvalue weighted by Gasteiger charge is 2.28. The summed E-state index contributed by atoms with van der Waals surface area (Å²) in [6.07, 6.45) is 19.7. The van der Waals surface area contributed by atoms with Gasteiger partial charge in [0, 0.05) is 11.0 Å². The second-order valence-corrected chi connectivity index (χ2v) is 11.0. The molecule has 0 fully saturated rings. The number of nitrogens with zero attached hydrogens (tertiary/aromatic N) is 2. The lowest BCUT2D eigenvalue weighted by atomic mass is 10.1. The maximum Gasteiger partial charge on any atom is 0.422 e. The number of unbranched alkanes of at least 4 members (excludes halogenated alkanes) is 1. The molecule has 5 nitrogen and oxygen atoms in total. The number of para-hydroxylation sites is 1. The number of aromatic nitrogens is 2. The number of carbonyl (C=O) groups is 1. The molecule has 0 aliphatic rings. The van der Waals surface area contributed by atoms with Crippen LogP contribution in [0.15, 0.2) is 113 Å². The molecule has 3 aromatic rings. The van der Waals surface area contributed by atoms with Crippen molar-refractivity contribution in [1.82, 2.24) is 9.55 Å². The number of fused-ring (bicyclic) bond motifs is 1. The standard InChI is InChI=1S/C19H17F3N2O2.C10H15Cl.C8H14.C2H4O.C2H2/c1-12(2)17-23-16-6-4-3-5-15(16)18(25)24(17)13-7-9-14(10-8-13)26-11-19(20,21)22;1-4-6-8-10(11)9(3)7-5-2;1-4-7-8(5-2)6-3;1-2-3;1-2/h3-10,12H,11H2,1-2H3;5,7-8H,2,4,6H2,1,3H3;4-5,7H,6H2,1-3H3;2H,1H3;1-2H/b;9-7-,10-8+;7-4-,8-5-;;. The molecule has 2 aromatic carbocycles. The third kappa shape index (κ3) is 18.8. The summed E-state index contributed by atoms with van der Waals surface area (Å²) in [7, 11) is 0. The lowest BCUT2D eigenvalue weighted by Gasteiger charge is -2.16. The van der Waals surface area contributed by atoms with Gasteiger partial charge in [-0.05, 0) is 82.5 Å². The van der Waals surface area contributed by atoms with Crippen molar-refractivity contribution in [2.75, 3.05) is 6.61 Å². The van der Waals surface area contributed by atoms with Crippen LogP contribution in [0.2, 0.25) is 0 Å². The number of alkyl halides is 3. The molecule has 1 heterocycles. The maximum atomic E-state index is 12.9. The molecule has 9 heteroatoms. The maximum absolute atomic E-state index is 12.9. The van der Waals surface area contributed by atoms with Gasteiger partial charge in [-0.15, -0.1) is 12.8 Å². The van der Waals surface area contributed by atoms with E-state index in [9.17, 15) is 18.0 Å². The van der Waals surface area contributed by atoms with E-state index in [1.807, 2.05) is 45.9 Å². The fourth-order valence-electron chi connectivity index (χ4n) is 3.96. The van der Waals surface area contributed by atoms with Crippen molar-refractivity contribution in [2.24, 2.45) is 0 Å². The highest BCUT2D eigenvalue weighted by atomic mass is 35.5. The summed E-state index contributed by atoms with van der Waals surface area (Å²) in [6, 6.07) is 13.0. The highest BCUT2D eigenvalue weighted by molar-refractivity contribution is 6.31. The molecule has 0 N–H and O–H groups in total. The van der Waals surface area contributed by atoms with E-state index >= 15 is 0 Å². The Hall–Kier alpha value is -4.61. The first kappa shape index (κ1) is 47.5. The number of rotatable bonds is 10. The molecule has 0 amide bonds. The second kappa shape index (κ2) is 27.2. The zero-order chi connectivity index (χ0) is 38.7. The highest BCUT2D eigenvalue weighted by Crippen LogP contribution is 2.23. The van der Waals surface area contributed by atoms with Gasteiger partial charge in [0.05, 0.1) is 16.6 Å². The number of allylic oxidation sites excluding steroid dienone is 9. The SMILES string of the molecule is C#C.C/C=C\C(=C/C)CC.C=C/C=C(C)\C(Cl)=C/CCC.CC(C)c1nc2ccccc2c(=O)n1-c1ccc(OCC(F)(F)F)cc1.CC=O. The Kier molecular flexibility index (Phi) is 25.9. The molecule has 0 radical (unpaired) electrons. The van der Waals surface area contributed by atoms with Crippen LogP contribution in [0, 0.1) is 12.8 Å². The average molecular weight is 713 g/mol. The summed E-state index contributed by atoms with van der Waals surface area (Å²) >= 11 is 5.93. The first-order valence-electron chi connectivity index (χ1n) is 16.2. The van der Waals surface area contributed by atoms with Gasteiger partial charge in [0.25, 0.3) is 5.56 Å². The Labute approximate surface area is 301 Å². The molecular weight excluding hydrogens is 661 g/mol. The van der Waals surface area contributed by atoms with Crippen LogP contribution >= 0.6 is 11.6 Å². The number of halogens is 4. The summed E-state index contributed by atoms with van der Waals surface area (Å²) in [5.74, 6) is 0.644. The van der Waals surface area contributed by atoms with Crippen molar-refractivity contribution in [1.29, 1.82) is 0 Å². The van der Waals surface area contributed by atoms with Gasteiger partial charge < -0.3 is 9.53 Å². The van der Waals surface area contributed by atoms with Crippen LogP contribution in [0.4, 0.5) is 13.2 Å². The van der Waals surface area contributed by atoms with Gasteiger partial charge in [-0.3, -0.25) is 9.36 Å². The Balaban J connectivity index is 0. The molecular formula is C41H52ClF3N2O3. The summed E-state index contributed by atoms with van der Waals surface area (Å²) in [5.41, 5.74) is 3.41. The number of terminal acetylenes is 1. The predicted octanol–water partition coefficient (Wildman–Crippen LogP) is 11.9. The van der Waals surface area contributed by atoms with Crippen LogP contribution < -0.4 is 10.3 Å². The van der Waals surface area contributed by atoms with Crippen molar-refractivity contribution < 1.29 is 22.7 Å². The van der Waals surface area contributed by atoms with Crippen molar-refractivity contribution in [3.63, 3.8) is 0 Å². The topological polar surface area (TPSA) is 61.2 Å². The zero-order valence-electron chi connectivity index (χ0n) is 30.6. The second-order valence-electron chi connectivity index (χ2n) is 10.6. The molecule has 0 aliphatic carbocycles. The first-order valence-corrected chi connectivity index (χ1v) is 16.6. The van der Waals surface area contributed by atoms with Crippen LogP contribution in [-0.4, -0.2) is 28.6 Å². The molecule has 0 spiro atoms. The van der Waals surface area contributed by atoms with Crippen molar-refractivity contribution in [3.8, 4) is 24.3 Å². The van der Waals surface area contributed by atoms with E-state index in [1.54, 1.807) is 36.4 Å². The number of benzene rings is 2. The first-order chi connectivity index (χ1) is 23.7. The third-order valence-corrected chi connectivity index (χ3v) is 6.78. The van der Waals surface area contributed by atoms with Crippen LogP contribution in [-0.2, 0) is 4.79 Å². The number of hydrogen-bond acceptors (Lipinski definition) is 4. The van der Waals surface area contributed by atoms with Gasteiger partial charge in [-0.2, -0.15) is 13.2 Å². The van der Waals surface area contributed by atoms with E-state index in [2.05, 4.69) is 63.4 Å². The molecule has 0 aliphatic heterocycles. The van der Waals surface area contributed by atoms with E-state index in [1.165, 1.54) is 29.2 Å². The van der Waals surface area contributed by atoms with Gasteiger partial charge >= 0.3 is 6.18 Å². The molecule has 272 valence electrons. The molecule has 50 heavy (non-hydrogen) atoms. The van der Waals surface area contributed by atoms with Crippen LogP contribution in [0.5, 0.6) is 5.75 Å². The number of hydrogen-bond donors (Lipinski definition) is 0. The lowest BCUT2D eigenvalue weighted by Crippen LogP contribution is -2.24. The van der Waals surface area contributed by atoms with E-state index in [0.29, 0.717) is 22.4 Å². The Morgan fingerprint density at radius 1 is 1.06 bits per heavy atom. The molecule has 1 aromatic heterocycles. The molecule has 0 bridgehead atoms. The van der Waals surface area contributed by atoms with E-state index in [0.717, 1.165) is 36.2 Å². The molecule has 0 saturated carbocycles. The largest absolute Gasteiger partial charge is 0.484 e. The third-order valence-electron chi connectivity index (χ3n) is 6.33. The predicted molar refractivity (Wildman–Crippen MR) is 206 cm³/mol. The summed E-state index contributed by atoms with van der Waals surface area (Å²) in [5, 5.41) is 1.32. The van der Waals surface area contributed by atoms with E-state index < -0.39 is 12.8 Å². The van der Waals surface area contributed by atoms with Gasteiger partial charge in [-0.1, -0.05) is 106 Å². The minimum atomic E-state index is -4.40.